The summed E-state index contributed by atoms with van der Waals surface area (Å²) < 4.78 is 18.3. The molecule has 0 radical (unpaired) electrons. The fraction of sp³-hybridized carbons (Fsp3) is 0.378. The minimum Gasteiger partial charge on any atom is -0.493 e. The first-order valence-corrected chi connectivity index (χ1v) is 16.6. The molecule has 2 aliphatic rings. The number of pyridine rings is 2. The van der Waals surface area contributed by atoms with E-state index in [1.165, 1.54) is 19.3 Å². The fourth-order valence-electron chi connectivity index (χ4n) is 5.72. The predicted octanol–water partition coefficient (Wildman–Crippen LogP) is 6.72. The van der Waals surface area contributed by atoms with Gasteiger partial charge in [-0.2, -0.15) is 0 Å². The number of benzene rings is 2. The molecule has 246 valence electrons. The lowest BCUT2D eigenvalue weighted by molar-refractivity contribution is 0.0984. The van der Waals surface area contributed by atoms with E-state index in [9.17, 15) is 4.79 Å². The Morgan fingerprint density at radius 3 is 1.81 bits per heavy atom. The highest BCUT2D eigenvalue weighted by Gasteiger charge is 2.14. The standard InChI is InChI=1S/C37H44N6O4/c1-2-3-4-5-13-47-34-16-32-20-38-18-26-9-11-28-22-45-24-30-7-6-8-31(40-30)25-46-23-29-12-10-27(19-39-21-33(17-34)41-32)15-36(29)43-37(44)42-35(28)14-26/h6-12,14-17,38-39H,2-5,13,18-25H2,1H3,(H2,42,43,44). The average molecular weight is 637 g/mol. The molecule has 10 nitrogen and oxygen atoms in total. The number of fused-ring (bicyclic) bond motifs is 8. The largest absolute Gasteiger partial charge is 0.493 e. The summed E-state index contributed by atoms with van der Waals surface area (Å²) in [7, 11) is 0. The van der Waals surface area contributed by atoms with Crippen molar-refractivity contribution in [2.45, 2.75) is 85.2 Å². The molecule has 10 heteroatoms. The van der Waals surface area contributed by atoms with E-state index in [0.29, 0.717) is 70.6 Å². The van der Waals surface area contributed by atoms with Gasteiger partial charge in [-0.3, -0.25) is 9.97 Å². The van der Waals surface area contributed by atoms with E-state index in [0.717, 1.165) is 57.2 Å². The second kappa shape index (κ2) is 16.5. The van der Waals surface area contributed by atoms with Crippen molar-refractivity contribution < 1.29 is 19.0 Å². The summed E-state index contributed by atoms with van der Waals surface area (Å²) in [6, 6.07) is 21.7. The number of anilines is 2. The number of hydrogen-bond donors (Lipinski definition) is 4. The molecule has 4 heterocycles. The van der Waals surface area contributed by atoms with Crippen LogP contribution < -0.4 is 26.0 Å². The predicted molar refractivity (Wildman–Crippen MR) is 182 cm³/mol. The molecule has 2 amide bonds. The number of ether oxygens (including phenoxy) is 3. The van der Waals surface area contributed by atoms with Gasteiger partial charge in [-0.25, -0.2) is 4.79 Å². The number of nitrogens with zero attached hydrogens (tertiary/aromatic N) is 2. The second-order valence-corrected chi connectivity index (χ2v) is 12.1. The second-order valence-electron chi connectivity index (χ2n) is 12.1. The highest BCUT2D eigenvalue weighted by atomic mass is 16.5. The number of hydrogen-bond acceptors (Lipinski definition) is 8. The van der Waals surface area contributed by atoms with Gasteiger partial charge in [0, 0.05) is 60.8 Å². The zero-order chi connectivity index (χ0) is 32.3. The third kappa shape index (κ3) is 9.59. The van der Waals surface area contributed by atoms with Crippen LogP contribution in [0, 0.1) is 0 Å². The van der Waals surface area contributed by atoms with Crippen molar-refractivity contribution in [1.82, 2.24) is 20.6 Å². The Hall–Kier alpha value is -4.35. The summed E-state index contributed by atoms with van der Waals surface area (Å²) in [5, 5.41) is 13.2. The van der Waals surface area contributed by atoms with Gasteiger partial charge in [-0.05, 0) is 41.8 Å². The minimum absolute atomic E-state index is 0.316. The van der Waals surface area contributed by atoms with E-state index in [1.807, 2.05) is 54.6 Å². The molecular formula is C37H44N6O4. The number of aromatic nitrogens is 2. The minimum atomic E-state index is -0.329. The summed E-state index contributed by atoms with van der Waals surface area (Å²) in [6.45, 7) is 6.57. The monoisotopic (exact) mass is 636 g/mol. The van der Waals surface area contributed by atoms with Gasteiger partial charge >= 0.3 is 6.03 Å². The molecule has 0 fully saturated rings. The smallest absolute Gasteiger partial charge is 0.323 e. The zero-order valence-electron chi connectivity index (χ0n) is 27.1. The van der Waals surface area contributed by atoms with Crippen LogP contribution in [-0.4, -0.2) is 22.6 Å². The van der Waals surface area contributed by atoms with Crippen molar-refractivity contribution in [2.75, 3.05) is 17.2 Å². The van der Waals surface area contributed by atoms with Crippen LogP contribution >= 0.6 is 0 Å². The highest BCUT2D eigenvalue weighted by molar-refractivity contribution is 6.00. The Labute approximate surface area is 276 Å². The van der Waals surface area contributed by atoms with Crippen LogP contribution in [0.25, 0.3) is 0 Å². The van der Waals surface area contributed by atoms with Crippen molar-refractivity contribution in [3.05, 3.63) is 112 Å². The molecule has 2 aromatic heterocycles. The van der Waals surface area contributed by atoms with Crippen molar-refractivity contribution in [3.63, 3.8) is 0 Å². The molecular weight excluding hydrogens is 592 g/mol. The number of rotatable bonds is 6. The molecule has 4 N–H and O–H groups in total. The Morgan fingerprint density at radius 1 is 0.660 bits per heavy atom. The maximum atomic E-state index is 13.4. The van der Waals surface area contributed by atoms with Gasteiger partial charge in [-0.15, -0.1) is 0 Å². The number of carbonyl (C=O) groups is 1. The lowest BCUT2D eigenvalue weighted by atomic mass is 10.1. The first-order valence-electron chi connectivity index (χ1n) is 16.6. The van der Waals surface area contributed by atoms with E-state index in [1.54, 1.807) is 0 Å². The Balaban J connectivity index is 1.30. The van der Waals surface area contributed by atoms with Gasteiger partial charge in [0.25, 0.3) is 0 Å². The Kier molecular flexibility index (Phi) is 11.4. The maximum Gasteiger partial charge on any atom is 0.323 e. The van der Waals surface area contributed by atoms with Gasteiger partial charge < -0.3 is 35.5 Å². The molecule has 0 unspecified atom stereocenters. The number of carbonyl (C=O) groups excluding carboxylic acids is 1. The summed E-state index contributed by atoms with van der Waals surface area (Å²) in [5.41, 5.74) is 8.66. The molecule has 47 heavy (non-hydrogen) atoms. The molecule has 6 rings (SSSR count). The summed E-state index contributed by atoms with van der Waals surface area (Å²) >= 11 is 0. The Bertz CT molecular complexity index is 1560. The van der Waals surface area contributed by atoms with E-state index < -0.39 is 0 Å². The van der Waals surface area contributed by atoms with Crippen molar-refractivity contribution in [1.29, 1.82) is 0 Å². The number of unbranched alkanes of at least 4 members (excludes halogenated alkanes) is 3. The summed E-state index contributed by atoms with van der Waals surface area (Å²) in [4.78, 5) is 23.1. The highest BCUT2D eigenvalue weighted by Crippen LogP contribution is 2.24. The van der Waals surface area contributed by atoms with Gasteiger partial charge in [0.15, 0.2) is 0 Å². The first-order chi connectivity index (χ1) is 23.1. The van der Waals surface area contributed by atoms with Crippen LogP contribution in [-0.2, 0) is 62.1 Å². The van der Waals surface area contributed by atoms with Crippen molar-refractivity contribution in [3.8, 4) is 5.75 Å². The van der Waals surface area contributed by atoms with Crippen LogP contribution in [0.3, 0.4) is 0 Å². The van der Waals surface area contributed by atoms with Crippen LogP contribution in [0.15, 0.2) is 66.7 Å². The number of nitrogens with one attached hydrogen (secondary N) is 4. The third-order valence-electron chi connectivity index (χ3n) is 8.17. The number of urea groups is 1. The SMILES string of the molecule is CCCCCCOc1cc2nc(c1)CNCc1ccc3c(c1)NC(=O)Nc1cc(ccc1COCc1cccc(n1)COC3)CNC2. The molecule has 0 atom stereocenters. The Morgan fingerprint density at radius 2 is 1.23 bits per heavy atom. The normalized spacial score (nSPS) is 15.6. The lowest BCUT2D eigenvalue weighted by Gasteiger charge is -2.18. The first kappa shape index (κ1) is 32.6. The zero-order valence-corrected chi connectivity index (χ0v) is 27.1. The summed E-state index contributed by atoms with van der Waals surface area (Å²) in [6.07, 6.45) is 4.63. The molecule has 2 aromatic carbocycles. The van der Waals surface area contributed by atoms with Gasteiger partial charge in [0.05, 0.1) is 55.8 Å². The van der Waals surface area contributed by atoms with E-state index in [-0.39, 0.29) is 6.03 Å². The molecule has 2 aliphatic heterocycles. The number of amides is 2. The van der Waals surface area contributed by atoms with Crippen LogP contribution in [0.5, 0.6) is 5.75 Å². The molecule has 0 aliphatic carbocycles. The van der Waals surface area contributed by atoms with E-state index >= 15 is 0 Å². The molecule has 0 saturated carbocycles. The average Bonchev–Trinajstić information content (AvgIpc) is 3.06. The van der Waals surface area contributed by atoms with Crippen LogP contribution in [0.1, 0.15) is 77.6 Å². The molecule has 4 aromatic rings. The van der Waals surface area contributed by atoms with Gasteiger partial charge in [0.2, 0.25) is 0 Å². The van der Waals surface area contributed by atoms with Crippen molar-refractivity contribution >= 4 is 17.4 Å². The van der Waals surface area contributed by atoms with E-state index in [4.69, 9.17) is 24.2 Å². The van der Waals surface area contributed by atoms with E-state index in [2.05, 4.69) is 40.3 Å². The molecule has 8 bridgehead atoms. The van der Waals surface area contributed by atoms with Gasteiger partial charge in [-0.1, -0.05) is 56.5 Å². The van der Waals surface area contributed by atoms with Gasteiger partial charge in [0.1, 0.15) is 5.75 Å². The lowest BCUT2D eigenvalue weighted by Crippen LogP contribution is -2.23. The maximum absolute atomic E-state index is 13.4. The van der Waals surface area contributed by atoms with Crippen LogP contribution in [0.2, 0.25) is 0 Å². The molecule has 0 spiro atoms. The molecule has 0 saturated heterocycles. The van der Waals surface area contributed by atoms with Crippen LogP contribution in [0.4, 0.5) is 16.2 Å². The quantitative estimate of drug-likeness (QED) is 0.172. The summed E-state index contributed by atoms with van der Waals surface area (Å²) in [5.74, 6) is 0.846. The van der Waals surface area contributed by atoms with Crippen molar-refractivity contribution in [2.24, 2.45) is 0 Å². The topological polar surface area (TPSA) is 119 Å². The third-order valence-corrected chi connectivity index (χ3v) is 8.17. The fourth-order valence-corrected chi connectivity index (χ4v) is 5.72.